The van der Waals surface area contributed by atoms with Gasteiger partial charge in [-0.15, -0.1) is 0 Å². The molecule has 0 spiro atoms. The Morgan fingerprint density at radius 2 is 1.35 bits per heavy atom. The summed E-state index contributed by atoms with van der Waals surface area (Å²) in [6.07, 6.45) is 11.8. The van der Waals surface area contributed by atoms with E-state index >= 15 is 0 Å². The lowest BCUT2D eigenvalue weighted by molar-refractivity contribution is 0.0729. The fourth-order valence-corrected chi connectivity index (χ4v) is 2.79. The number of rotatable bonds is 14. The average molecular weight is 310 g/mol. The molecule has 122 valence electrons. The van der Waals surface area contributed by atoms with Crippen LogP contribution in [0.15, 0.2) is 0 Å². The zero-order valence-corrected chi connectivity index (χ0v) is 13.6. The summed E-state index contributed by atoms with van der Waals surface area (Å²) < 4.78 is 15.1. The highest BCUT2D eigenvalue weighted by Gasteiger charge is 2.20. The molecule has 0 fully saturated rings. The van der Waals surface area contributed by atoms with Gasteiger partial charge in [0.2, 0.25) is 0 Å². The minimum Gasteiger partial charge on any atom is -0.394 e. The average Bonchev–Trinajstić information content (AvgIpc) is 2.38. The van der Waals surface area contributed by atoms with Gasteiger partial charge in [-0.3, -0.25) is 4.52 Å². The molecule has 0 aromatic carbocycles. The molecule has 0 aromatic rings. The zero-order valence-electron chi connectivity index (χ0n) is 12.7. The van der Waals surface area contributed by atoms with Crippen LogP contribution in [0, 0.1) is 0 Å². The lowest BCUT2D eigenvalue weighted by Gasteiger charge is -2.15. The first-order chi connectivity index (χ1) is 9.49. The number of unbranched alkanes of at least 4 members (excludes halogenated alkanes) is 9. The van der Waals surface area contributed by atoms with Gasteiger partial charge in [-0.25, -0.2) is 4.57 Å². The summed E-state index contributed by atoms with van der Waals surface area (Å²) in [6.45, 7) is 1.87. The fourth-order valence-electron chi connectivity index (χ4n) is 2.23. The van der Waals surface area contributed by atoms with Crippen molar-refractivity contribution < 1.29 is 24.0 Å². The predicted octanol–water partition coefficient (Wildman–Crippen LogP) is 3.77. The summed E-state index contributed by atoms with van der Waals surface area (Å²) in [7, 11) is -4.48. The highest BCUT2D eigenvalue weighted by molar-refractivity contribution is 7.46. The highest BCUT2D eigenvalue weighted by atomic mass is 31.2. The van der Waals surface area contributed by atoms with Gasteiger partial charge in [0, 0.05) is 0 Å². The van der Waals surface area contributed by atoms with Gasteiger partial charge in [-0.2, -0.15) is 0 Å². The fraction of sp³-hybridized carbons (Fsp3) is 1.00. The lowest BCUT2D eigenvalue weighted by Crippen LogP contribution is -2.16. The second-order valence-electron chi connectivity index (χ2n) is 5.37. The first-order valence-corrected chi connectivity index (χ1v) is 9.37. The van der Waals surface area contributed by atoms with Crippen LogP contribution in [0.3, 0.4) is 0 Å². The summed E-state index contributed by atoms with van der Waals surface area (Å²) in [5.41, 5.74) is 0. The van der Waals surface area contributed by atoms with Crippen LogP contribution in [0.5, 0.6) is 0 Å². The molecule has 3 N–H and O–H groups in total. The monoisotopic (exact) mass is 310 g/mol. The Morgan fingerprint density at radius 1 is 0.900 bits per heavy atom. The van der Waals surface area contributed by atoms with Crippen molar-refractivity contribution in [2.45, 2.75) is 83.7 Å². The molecular formula is C14H31O5P. The molecule has 0 saturated heterocycles. The van der Waals surface area contributed by atoms with Crippen molar-refractivity contribution in [2.75, 3.05) is 6.61 Å². The smallest absolute Gasteiger partial charge is 0.394 e. The third-order valence-electron chi connectivity index (χ3n) is 3.37. The van der Waals surface area contributed by atoms with Crippen molar-refractivity contribution in [1.82, 2.24) is 0 Å². The molecule has 0 aliphatic carbocycles. The van der Waals surface area contributed by atoms with Crippen molar-refractivity contribution in [3.8, 4) is 0 Å². The maximum absolute atomic E-state index is 10.6. The molecule has 6 heteroatoms. The molecule has 0 rings (SSSR count). The molecule has 0 bridgehead atoms. The van der Waals surface area contributed by atoms with E-state index in [-0.39, 0.29) is 6.61 Å². The number of hydrogen-bond acceptors (Lipinski definition) is 3. The number of hydrogen-bond donors (Lipinski definition) is 3. The standard InChI is InChI=1S/C14H31O5P/c1-2-3-4-5-6-7-8-9-10-11-12-14(13-15)19-20(16,17)18/h14-15H,2-13H2,1H3,(H2,16,17,18). The second kappa shape index (κ2) is 12.8. The van der Waals surface area contributed by atoms with Crippen molar-refractivity contribution >= 4 is 7.82 Å². The number of aliphatic hydroxyl groups is 1. The molecular weight excluding hydrogens is 279 g/mol. The highest BCUT2D eigenvalue weighted by Crippen LogP contribution is 2.38. The van der Waals surface area contributed by atoms with E-state index in [9.17, 15) is 4.57 Å². The Morgan fingerprint density at radius 3 is 1.75 bits per heavy atom. The molecule has 0 heterocycles. The zero-order chi connectivity index (χ0) is 15.3. The molecule has 1 atom stereocenters. The summed E-state index contributed by atoms with van der Waals surface area (Å²) in [5, 5.41) is 8.96. The van der Waals surface area contributed by atoms with E-state index in [1.165, 1.54) is 44.9 Å². The van der Waals surface area contributed by atoms with Gasteiger partial charge in [0.25, 0.3) is 0 Å². The Hall–Kier alpha value is 0.0700. The largest absolute Gasteiger partial charge is 0.469 e. The maximum atomic E-state index is 10.6. The Kier molecular flexibility index (Phi) is 12.8. The van der Waals surface area contributed by atoms with Gasteiger partial charge in [0.15, 0.2) is 0 Å². The van der Waals surface area contributed by atoms with Crippen LogP contribution in [-0.2, 0) is 9.09 Å². The minimum absolute atomic E-state index is 0.345. The van der Waals surface area contributed by atoms with Gasteiger partial charge in [0.05, 0.1) is 12.7 Å². The van der Waals surface area contributed by atoms with E-state index < -0.39 is 13.9 Å². The Balaban J connectivity index is 3.36. The first kappa shape index (κ1) is 20.1. The maximum Gasteiger partial charge on any atom is 0.469 e. The van der Waals surface area contributed by atoms with Gasteiger partial charge in [-0.1, -0.05) is 71.1 Å². The van der Waals surface area contributed by atoms with Crippen molar-refractivity contribution in [1.29, 1.82) is 0 Å². The minimum atomic E-state index is -4.48. The van der Waals surface area contributed by atoms with Crippen LogP contribution in [-0.4, -0.2) is 27.6 Å². The first-order valence-electron chi connectivity index (χ1n) is 7.84. The van der Waals surface area contributed by atoms with Gasteiger partial charge >= 0.3 is 7.82 Å². The van der Waals surface area contributed by atoms with Gasteiger partial charge < -0.3 is 14.9 Å². The van der Waals surface area contributed by atoms with E-state index in [4.69, 9.17) is 14.9 Å². The van der Waals surface area contributed by atoms with Crippen LogP contribution in [0.25, 0.3) is 0 Å². The van der Waals surface area contributed by atoms with Crippen molar-refractivity contribution in [3.05, 3.63) is 0 Å². The van der Waals surface area contributed by atoms with E-state index in [2.05, 4.69) is 11.4 Å². The topological polar surface area (TPSA) is 87.0 Å². The summed E-state index contributed by atoms with van der Waals surface area (Å²) in [5.74, 6) is 0. The summed E-state index contributed by atoms with van der Waals surface area (Å²) >= 11 is 0. The molecule has 20 heavy (non-hydrogen) atoms. The summed E-state index contributed by atoms with van der Waals surface area (Å²) in [6, 6.07) is 0. The van der Waals surface area contributed by atoms with E-state index in [0.717, 1.165) is 19.3 Å². The van der Waals surface area contributed by atoms with E-state index in [1.54, 1.807) is 0 Å². The SMILES string of the molecule is CCCCCCCCCCCCC(CO)OP(=O)(O)O. The number of phosphoric acid groups is 1. The third-order valence-corrected chi connectivity index (χ3v) is 3.94. The normalized spacial score (nSPS) is 13.6. The third kappa shape index (κ3) is 14.5. The van der Waals surface area contributed by atoms with Gasteiger partial charge in [0.1, 0.15) is 0 Å². The van der Waals surface area contributed by atoms with Crippen molar-refractivity contribution in [3.63, 3.8) is 0 Å². The molecule has 0 radical (unpaired) electrons. The van der Waals surface area contributed by atoms with E-state index in [0.29, 0.717) is 6.42 Å². The lowest BCUT2D eigenvalue weighted by atomic mass is 10.0. The molecule has 0 aliphatic rings. The summed E-state index contributed by atoms with van der Waals surface area (Å²) in [4.78, 5) is 17.3. The van der Waals surface area contributed by atoms with Crippen LogP contribution in [0.4, 0.5) is 0 Å². The van der Waals surface area contributed by atoms with Crippen molar-refractivity contribution in [2.24, 2.45) is 0 Å². The number of phosphoric ester groups is 1. The molecule has 0 saturated carbocycles. The van der Waals surface area contributed by atoms with Crippen LogP contribution < -0.4 is 0 Å². The Bertz CT molecular complexity index is 254. The predicted molar refractivity (Wildman–Crippen MR) is 80.5 cm³/mol. The molecule has 0 aliphatic heterocycles. The van der Waals surface area contributed by atoms with Gasteiger partial charge in [-0.05, 0) is 6.42 Å². The molecule has 1 unspecified atom stereocenters. The Labute approximate surface area is 123 Å². The number of aliphatic hydroxyl groups excluding tert-OH is 1. The molecule has 5 nitrogen and oxygen atoms in total. The van der Waals surface area contributed by atoms with Crippen LogP contribution in [0.1, 0.15) is 77.6 Å². The van der Waals surface area contributed by atoms with Crippen LogP contribution >= 0.6 is 7.82 Å². The molecule has 0 aromatic heterocycles. The second-order valence-corrected chi connectivity index (χ2v) is 6.56. The van der Waals surface area contributed by atoms with Crippen LogP contribution in [0.2, 0.25) is 0 Å². The molecule has 0 amide bonds. The van der Waals surface area contributed by atoms with E-state index in [1.807, 2.05) is 0 Å². The quantitative estimate of drug-likeness (QED) is 0.336.